The predicted molar refractivity (Wildman–Crippen MR) is 203 cm³/mol. The topological polar surface area (TPSA) is 290 Å². The van der Waals surface area contributed by atoms with Gasteiger partial charge in [0.2, 0.25) is 11.9 Å². The molecule has 0 unspecified atom stereocenters. The van der Waals surface area contributed by atoms with Crippen molar-refractivity contribution >= 4 is 58.2 Å². The summed E-state index contributed by atoms with van der Waals surface area (Å²) < 4.78 is 2.67. The van der Waals surface area contributed by atoms with Gasteiger partial charge in [-0.15, -0.1) is 20.5 Å². The van der Waals surface area contributed by atoms with E-state index in [2.05, 4.69) is 104 Å². The maximum atomic E-state index is 9.82. The quantitative estimate of drug-likeness (QED) is 0.130. The van der Waals surface area contributed by atoms with Crippen molar-refractivity contribution in [3.8, 4) is 24.0 Å². The summed E-state index contributed by atoms with van der Waals surface area (Å²) in [5, 5.41) is 58.4. The molecule has 1 fully saturated rings. The van der Waals surface area contributed by atoms with Crippen LogP contribution >= 0.6 is 0 Å². The molecule has 6 aromatic heterocycles. The molecule has 0 bridgehead atoms. The molecule has 7 rings (SSSR count). The van der Waals surface area contributed by atoms with Gasteiger partial charge in [0.15, 0.2) is 46.3 Å². The Morgan fingerprint density at radius 2 is 0.946 bits per heavy atom. The van der Waals surface area contributed by atoms with Crippen molar-refractivity contribution in [2.24, 2.45) is 20.5 Å². The Bertz CT molecular complexity index is 2300. The molecule has 0 atom stereocenters. The number of piperazine rings is 1. The van der Waals surface area contributed by atoms with Crippen LogP contribution in [0.5, 0.6) is 0 Å². The average Bonchev–Trinajstić information content (AvgIpc) is 3.88. The van der Waals surface area contributed by atoms with Crippen LogP contribution in [0.4, 0.5) is 58.2 Å². The molecule has 24 heteroatoms. The second-order valence-electron chi connectivity index (χ2n) is 11.4. The molecule has 56 heavy (non-hydrogen) atoms. The van der Waals surface area contributed by atoms with Gasteiger partial charge in [0, 0.05) is 79.2 Å². The van der Waals surface area contributed by atoms with Crippen LogP contribution < -0.4 is 31.1 Å². The summed E-state index contributed by atoms with van der Waals surface area (Å²) in [6, 6.07) is 7.54. The standard InChI is InChI=1S/C32H32N24/c1-35-23-21(49-51-25-19(15-33)17-43-55(25)31-39-7-5-8-40-31)27(47-29(37-3)45-23)53-11-13-54(14-12-53)28-22(24(36-2)46-30(38-4)48-28)50-52-26-20(16-34)18-44-56(26)32-41-9-6-10-42-32/h5-10,17-18H,11-14H2,1-4H3,(H2,35,37,45,47)(H2,36,38,46,48)/b51-49+,52-50+. The monoisotopic (exact) mass is 752 g/mol. The van der Waals surface area contributed by atoms with Gasteiger partial charge < -0.3 is 31.1 Å². The smallest absolute Gasteiger partial charge is 0.252 e. The van der Waals surface area contributed by atoms with Crippen molar-refractivity contribution in [3.05, 3.63) is 60.4 Å². The van der Waals surface area contributed by atoms with Gasteiger partial charge in [-0.05, 0) is 12.1 Å². The number of aromatic nitrogens is 12. The molecule has 1 saturated heterocycles. The highest BCUT2D eigenvalue weighted by Gasteiger charge is 2.28. The summed E-state index contributed by atoms with van der Waals surface area (Å²) >= 11 is 0. The van der Waals surface area contributed by atoms with E-state index >= 15 is 0 Å². The molecule has 1 aliphatic rings. The molecule has 0 aromatic carbocycles. The fourth-order valence-corrected chi connectivity index (χ4v) is 5.54. The molecule has 4 N–H and O–H groups in total. The molecule has 1 aliphatic heterocycles. The first-order valence-electron chi connectivity index (χ1n) is 16.9. The van der Waals surface area contributed by atoms with Crippen LogP contribution in [-0.4, -0.2) is 114 Å². The SMILES string of the molecule is CNc1nc(NC)c(/N=N/c2c(C#N)cnn2-c2ncccn2)c(N2CCN(c3nc(NC)nc(NC)c3/N=N/c3c(C#N)cnn3-c3ncccn3)CC2)n1. The van der Waals surface area contributed by atoms with Crippen LogP contribution in [0.3, 0.4) is 0 Å². The number of hydrogen-bond acceptors (Lipinski definition) is 22. The van der Waals surface area contributed by atoms with Crippen molar-refractivity contribution < 1.29 is 0 Å². The van der Waals surface area contributed by atoms with E-state index in [1.807, 2.05) is 0 Å². The minimum Gasteiger partial charge on any atom is -0.371 e. The number of nitrogens with zero attached hydrogens (tertiary/aromatic N) is 20. The van der Waals surface area contributed by atoms with Gasteiger partial charge in [-0.2, -0.15) is 50.0 Å². The number of azo groups is 2. The van der Waals surface area contributed by atoms with Crippen molar-refractivity contribution in [1.29, 1.82) is 10.5 Å². The van der Waals surface area contributed by atoms with Crippen LogP contribution in [-0.2, 0) is 0 Å². The number of rotatable bonds is 12. The molecule has 0 amide bonds. The van der Waals surface area contributed by atoms with E-state index in [4.69, 9.17) is 9.97 Å². The molecular weight excluding hydrogens is 721 g/mol. The van der Waals surface area contributed by atoms with Crippen LogP contribution in [0.2, 0.25) is 0 Å². The average molecular weight is 753 g/mol. The highest BCUT2D eigenvalue weighted by molar-refractivity contribution is 5.78. The van der Waals surface area contributed by atoms with E-state index < -0.39 is 0 Å². The number of anilines is 6. The number of nitriles is 2. The van der Waals surface area contributed by atoms with Crippen molar-refractivity contribution in [2.75, 3.05) is 85.4 Å². The first-order valence-corrected chi connectivity index (χ1v) is 16.9. The highest BCUT2D eigenvalue weighted by atomic mass is 15.4. The van der Waals surface area contributed by atoms with E-state index in [1.165, 1.54) is 21.8 Å². The summed E-state index contributed by atoms with van der Waals surface area (Å²) in [7, 11) is 6.88. The lowest BCUT2D eigenvalue weighted by Gasteiger charge is -2.37. The molecule has 0 spiro atoms. The summed E-state index contributed by atoms with van der Waals surface area (Å²) in [6.07, 6.45) is 8.99. The second-order valence-corrected chi connectivity index (χ2v) is 11.4. The Morgan fingerprint density at radius 1 is 0.554 bits per heavy atom. The van der Waals surface area contributed by atoms with Crippen molar-refractivity contribution in [3.63, 3.8) is 0 Å². The molecular formula is C32H32N24. The fourth-order valence-electron chi connectivity index (χ4n) is 5.54. The third-order valence-electron chi connectivity index (χ3n) is 8.23. The largest absolute Gasteiger partial charge is 0.371 e. The van der Waals surface area contributed by atoms with E-state index in [9.17, 15) is 10.5 Å². The van der Waals surface area contributed by atoms with Gasteiger partial charge in [-0.3, -0.25) is 0 Å². The Labute approximate surface area is 318 Å². The Morgan fingerprint density at radius 3 is 1.29 bits per heavy atom. The summed E-state index contributed by atoms with van der Waals surface area (Å²) in [6.45, 7) is 1.86. The maximum absolute atomic E-state index is 9.82. The van der Waals surface area contributed by atoms with Crippen molar-refractivity contribution in [1.82, 2.24) is 59.4 Å². The summed E-state index contributed by atoms with van der Waals surface area (Å²) in [5.41, 5.74) is 1.03. The lowest BCUT2D eigenvalue weighted by Crippen LogP contribution is -2.47. The molecule has 6 aromatic rings. The van der Waals surface area contributed by atoms with Crippen LogP contribution in [0.25, 0.3) is 11.9 Å². The predicted octanol–water partition coefficient (Wildman–Crippen LogP) is 3.29. The first kappa shape index (κ1) is 36.1. The minimum atomic E-state index is 0.140. The van der Waals surface area contributed by atoms with Crippen LogP contribution in [0, 0.1) is 22.7 Å². The van der Waals surface area contributed by atoms with E-state index in [0.29, 0.717) is 72.7 Å². The zero-order chi connectivity index (χ0) is 39.0. The first-order chi connectivity index (χ1) is 27.5. The molecule has 0 saturated carbocycles. The van der Waals surface area contributed by atoms with Crippen LogP contribution in [0.1, 0.15) is 11.1 Å². The van der Waals surface area contributed by atoms with Gasteiger partial charge in [0.05, 0.1) is 12.4 Å². The summed E-state index contributed by atoms with van der Waals surface area (Å²) in [4.78, 5) is 39.7. The minimum absolute atomic E-state index is 0.140. The molecule has 0 radical (unpaired) electrons. The third kappa shape index (κ3) is 7.07. The zero-order valence-electron chi connectivity index (χ0n) is 30.4. The molecule has 280 valence electrons. The second kappa shape index (κ2) is 16.2. The Kier molecular flexibility index (Phi) is 10.4. The lowest BCUT2D eigenvalue weighted by atomic mass is 10.2. The van der Waals surface area contributed by atoms with Gasteiger partial charge in [-0.1, -0.05) is 0 Å². The normalized spacial score (nSPS) is 12.8. The third-order valence-corrected chi connectivity index (χ3v) is 8.23. The molecule has 7 heterocycles. The Balaban J connectivity index is 1.22. The molecule has 0 aliphatic carbocycles. The number of nitrogens with one attached hydrogen (secondary N) is 4. The van der Waals surface area contributed by atoms with Gasteiger partial charge in [0.25, 0.3) is 11.9 Å². The van der Waals surface area contributed by atoms with Crippen LogP contribution in [0.15, 0.2) is 69.8 Å². The molecule has 24 nitrogen and oxygen atoms in total. The van der Waals surface area contributed by atoms with Gasteiger partial charge in [0.1, 0.15) is 23.3 Å². The van der Waals surface area contributed by atoms with Crippen molar-refractivity contribution in [2.45, 2.75) is 0 Å². The maximum Gasteiger partial charge on any atom is 0.252 e. The van der Waals surface area contributed by atoms with E-state index in [-0.39, 0.29) is 34.7 Å². The van der Waals surface area contributed by atoms with E-state index in [0.717, 1.165) is 0 Å². The zero-order valence-corrected chi connectivity index (χ0v) is 30.4. The van der Waals surface area contributed by atoms with Gasteiger partial charge >= 0.3 is 0 Å². The fraction of sp³-hybridized carbons (Fsp3) is 0.250. The Hall–Kier alpha value is -8.28. The van der Waals surface area contributed by atoms with E-state index in [1.54, 1.807) is 65.1 Å². The lowest BCUT2D eigenvalue weighted by molar-refractivity contribution is 0.641. The highest BCUT2D eigenvalue weighted by Crippen LogP contribution is 2.40. The summed E-state index contributed by atoms with van der Waals surface area (Å²) in [5.74, 6) is 3.24. The number of hydrogen-bond donors (Lipinski definition) is 4. The van der Waals surface area contributed by atoms with Gasteiger partial charge in [-0.25, -0.2) is 19.9 Å².